The maximum Gasteiger partial charge on any atom is 0.308 e. The van der Waals surface area contributed by atoms with Crippen LogP contribution >= 0.6 is 11.3 Å². The van der Waals surface area contributed by atoms with E-state index in [9.17, 15) is 10.1 Å². The molecule has 28 heavy (non-hydrogen) atoms. The Balaban J connectivity index is 1.58. The van der Waals surface area contributed by atoms with E-state index in [0.717, 1.165) is 16.8 Å². The summed E-state index contributed by atoms with van der Waals surface area (Å²) in [4.78, 5) is 15.6. The van der Waals surface area contributed by atoms with E-state index >= 15 is 0 Å². The van der Waals surface area contributed by atoms with E-state index in [-0.39, 0.29) is 12.8 Å². The first-order valence-corrected chi connectivity index (χ1v) is 9.26. The zero-order valence-electron chi connectivity index (χ0n) is 14.8. The van der Waals surface area contributed by atoms with Crippen LogP contribution in [0.2, 0.25) is 0 Å². The third-order valence-electron chi connectivity index (χ3n) is 3.98. The lowest BCUT2D eigenvalue weighted by molar-refractivity contribution is -0.131. The van der Waals surface area contributed by atoms with Crippen molar-refractivity contribution >= 4 is 29.0 Å². The molecule has 7 heteroatoms. The number of aromatic nitrogens is 1. The van der Waals surface area contributed by atoms with Crippen molar-refractivity contribution in [2.45, 2.75) is 6.92 Å². The number of hydrogen-bond donors (Lipinski definition) is 0. The molecule has 1 aliphatic rings. The van der Waals surface area contributed by atoms with Gasteiger partial charge in [0.2, 0.25) is 6.79 Å². The number of allylic oxidation sites excluding steroid dienone is 1. The summed E-state index contributed by atoms with van der Waals surface area (Å²) in [5, 5.41) is 12.1. The number of ether oxygens (including phenoxy) is 3. The molecule has 6 nitrogen and oxygen atoms in total. The maximum atomic E-state index is 11.0. The predicted octanol–water partition coefficient (Wildman–Crippen LogP) is 4.53. The molecule has 2 aromatic carbocycles. The SMILES string of the molecule is CC(=O)Oc1ccc(/C=C(\C#N)c2nc(-c3ccc4c(c3)OCO4)cs2)cc1. The van der Waals surface area contributed by atoms with Crippen LogP contribution in [-0.2, 0) is 4.79 Å². The van der Waals surface area contributed by atoms with Crippen LogP contribution in [-0.4, -0.2) is 17.7 Å². The van der Waals surface area contributed by atoms with Crippen molar-refractivity contribution in [3.8, 4) is 34.6 Å². The number of rotatable bonds is 4. The Labute approximate surface area is 165 Å². The first kappa shape index (κ1) is 17.8. The molecule has 0 saturated carbocycles. The van der Waals surface area contributed by atoms with Crippen LogP contribution in [0, 0.1) is 11.3 Å². The van der Waals surface area contributed by atoms with Gasteiger partial charge in [0.25, 0.3) is 0 Å². The molecular weight excluding hydrogens is 376 g/mol. The van der Waals surface area contributed by atoms with Gasteiger partial charge in [0.1, 0.15) is 16.8 Å². The zero-order chi connectivity index (χ0) is 19.5. The van der Waals surface area contributed by atoms with E-state index in [2.05, 4.69) is 11.1 Å². The standard InChI is InChI=1S/C21H14N2O4S/c1-13(24)27-17-5-2-14(3-6-17)8-16(10-22)21-23-18(11-28-21)15-4-7-19-20(9-15)26-12-25-19/h2-9,11H,12H2,1H3/b16-8+. The molecule has 0 amide bonds. The number of carbonyl (C=O) groups excluding carboxylic acids is 1. The number of hydrogen-bond acceptors (Lipinski definition) is 7. The van der Waals surface area contributed by atoms with E-state index in [1.807, 2.05) is 23.6 Å². The van der Waals surface area contributed by atoms with Crippen molar-refractivity contribution in [2.75, 3.05) is 6.79 Å². The molecule has 0 radical (unpaired) electrons. The van der Waals surface area contributed by atoms with Gasteiger partial charge >= 0.3 is 5.97 Å². The zero-order valence-corrected chi connectivity index (χ0v) is 15.7. The van der Waals surface area contributed by atoms with Crippen LogP contribution in [0.25, 0.3) is 22.9 Å². The van der Waals surface area contributed by atoms with Crippen LogP contribution in [0.1, 0.15) is 17.5 Å². The topological polar surface area (TPSA) is 81.4 Å². The largest absolute Gasteiger partial charge is 0.454 e. The quantitative estimate of drug-likeness (QED) is 0.370. The van der Waals surface area contributed by atoms with Crippen LogP contribution in [0.5, 0.6) is 17.2 Å². The van der Waals surface area contributed by atoms with Gasteiger partial charge in [-0.3, -0.25) is 4.79 Å². The highest BCUT2D eigenvalue weighted by Crippen LogP contribution is 2.36. The van der Waals surface area contributed by atoms with E-state index in [1.165, 1.54) is 18.3 Å². The second-order valence-electron chi connectivity index (χ2n) is 5.94. The molecule has 0 aliphatic carbocycles. The smallest absolute Gasteiger partial charge is 0.308 e. The Morgan fingerprint density at radius 1 is 1.21 bits per heavy atom. The lowest BCUT2D eigenvalue weighted by Gasteiger charge is -2.01. The van der Waals surface area contributed by atoms with Gasteiger partial charge in [-0.05, 0) is 42.0 Å². The van der Waals surface area contributed by atoms with Crippen molar-refractivity contribution in [3.63, 3.8) is 0 Å². The minimum absolute atomic E-state index is 0.221. The number of esters is 1. The average molecular weight is 390 g/mol. The number of fused-ring (bicyclic) bond motifs is 1. The predicted molar refractivity (Wildman–Crippen MR) is 105 cm³/mol. The number of nitrogens with zero attached hydrogens (tertiary/aromatic N) is 2. The maximum absolute atomic E-state index is 11.0. The van der Waals surface area contributed by atoms with Gasteiger partial charge in [-0.2, -0.15) is 5.26 Å². The van der Waals surface area contributed by atoms with Crippen LogP contribution in [0.15, 0.2) is 47.8 Å². The average Bonchev–Trinajstić information content (AvgIpc) is 3.36. The molecule has 138 valence electrons. The number of thiazole rings is 1. The Morgan fingerprint density at radius 3 is 2.75 bits per heavy atom. The molecule has 0 saturated heterocycles. The second kappa shape index (κ2) is 7.55. The lowest BCUT2D eigenvalue weighted by Crippen LogP contribution is -2.00. The minimum atomic E-state index is -0.375. The molecule has 0 N–H and O–H groups in total. The van der Waals surface area contributed by atoms with Gasteiger partial charge < -0.3 is 14.2 Å². The molecule has 1 aromatic heterocycles. The van der Waals surface area contributed by atoms with Gasteiger partial charge in [-0.25, -0.2) is 4.98 Å². The third kappa shape index (κ3) is 3.72. The van der Waals surface area contributed by atoms with E-state index in [4.69, 9.17) is 14.2 Å². The van der Waals surface area contributed by atoms with Crippen molar-refractivity contribution in [2.24, 2.45) is 0 Å². The van der Waals surface area contributed by atoms with E-state index in [1.54, 1.807) is 30.3 Å². The molecule has 2 heterocycles. The molecule has 0 fully saturated rings. The molecule has 0 bridgehead atoms. The second-order valence-corrected chi connectivity index (χ2v) is 6.80. The fourth-order valence-electron chi connectivity index (χ4n) is 2.69. The summed E-state index contributed by atoms with van der Waals surface area (Å²) in [6, 6.07) is 14.8. The van der Waals surface area contributed by atoms with Gasteiger partial charge in [-0.1, -0.05) is 12.1 Å². The van der Waals surface area contributed by atoms with Gasteiger partial charge in [-0.15, -0.1) is 11.3 Å². The number of carbonyl (C=O) groups is 1. The van der Waals surface area contributed by atoms with Crippen molar-refractivity contribution in [3.05, 3.63) is 58.4 Å². The summed E-state index contributed by atoms with van der Waals surface area (Å²) in [5.41, 5.74) is 2.93. The summed E-state index contributed by atoms with van der Waals surface area (Å²) in [7, 11) is 0. The molecule has 0 atom stereocenters. The highest BCUT2D eigenvalue weighted by Gasteiger charge is 2.16. The van der Waals surface area contributed by atoms with Crippen LogP contribution in [0.4, 0.5) is 0 Å². The summed E-state index contributed by atoms with van der Waals surface area (Å²) >= 11 is 1.40. The molecule has 0 spiro atoms. The summed E-state index contributed by atoms with van der Waals surface area (Å²) < 4.78 is 15.7. The van der Waals surface area contributed by atoms with Gasteiger partial charge in [0, 0.05) is 17.9 Å². The summed E-state index contributed by atoms with van der Waals surface area (Å²) in [6.45, 7) is 1.57. The van der Waals surface area contributed by atoms with Crippen molar-refractivity contribution < 1.29 is 19.0 Å². The third-order valence-corrected chi connectivity index (χ3v) is 4.85. The minimum Gasteiger partial charge on any atom is -0.454 e. The molecule has 1 aliphatic heterocycles. The lowest BCUT2D eigenvalue weighted by atomic mass is 10.1. The molecular formula is C21H14N2O4S. The fraction of sp³-hybridized carbons (Fsp3) is 0.0952. The molecule has 4 rings (SSSR count). The molecule has 0 unspecified atom stereocenters. The summed E-state index contributed by atoms with van der Waals surface area (Å²) in [6.07, 6.45) is 1.75. The Kier molecular flexibility index (Phi) is 4.79. The number of benzene rings is 2. The summed E-state index contributed by atoms with van der Waals surface area (Å²) in [5.74, 6) is 1.49. The molecule has 3 aromatic rings. The Morgan fingerprint density at radius 2 is 2.00 bits per heavy atom. The first-order valence-electron chi connectivity index (χ1n) is 8.38. The fourth-order valence-corrected chi connectivity index (χ4v) is 3.49. The van der Waals surface area contributed by atoms with E-state index in [0.29, 0.717) is 27.8 Å². The highest BCUT2D eigenvalue weighted by atomic mass is 32.1. The van der Waals surface area contributed by atoms with Crippen molar-refractivity contribution in [1.82, 2.24) is 4.98 Å². The monoisotopic (exact) mass is 390 g/mol. The Bertz CT molecular complexity index is 1110. The normalized spacial score (nSPS) is 12.5. The van der Waals surface area contributed by atoms with Crippen LogP contribution in [0.3, 0.4) is 0 Å². The first-order chi connectivity index (χ1) is 13.6. The highest BCUT2D eigenvalue weighted by molar-refractivity contribution is 7.11. The Hall–Kier alpha value is -3.63. The van der Waals surface area contributed by atoms with E-state index < -0.39 is 0 Å². The number of nitriles is 1. The van der Waals surface area contributed by atoms with Gasteiger partial charge in [0.15, 0.2) is 11.5 Å². The van der Waals surface area contributed by atoms with Gasteiger partial charge in [0.05, 0.1) is 11.3 Å². The van der Waals surface area contributed by atoms with Crippen LogP contribution < -0.4 is 14.2 Å². The van der Waals surface area contributed by atoms with Crippen molar-refractivity contribution in [1.29, 1.82) is 5.26 Å².